The van der Waals surface area contributed by atoms with E-state index in [4.69, 9.17) is 9.15 Å². The van der Waals surface area contributed by atoms with Gasteiger partial charge in [-0.1, -0.05) is 38.5 Å². The van der Waals surface area contributed by atoms with Crippen molar-refractivity contribution in [1.29, 1.82) is 0 Å². The first-order valence-electron chi connectivity index (χ1n) is 11.1. The molecule has 0 saturated carbocycles. The van der Waals surface area contributed by atoms with E-state index in [-0.39, 0.29) is 5.78 Å². The first kappa shape index (κ1) is 22.1. The summed E-state index contributed by atoms with van der Waals surface area (Å²) in [5.41, 5.74) is 2.14. The molecule has 0 aliphatic rings. The molecule has 3 rings (SSSR count). The van der Waals surface area contributed by atoms with Crippen LogP contribution in [0.1, 0.15) is 61.2 Å². The molecular weight excluding hydrogens is 374 g/mol. The predicted molar refractivity (Wildman–Crippen MR) is 123 cm³/mol. The van der Waals surface area contributed by atoms with E-state index in [0.717, 1.165) is 61.3 Å². The average Bonchev–Trinajstić information content (AvgIpc) is 3.13. The molecule has 160 valence electrons. The van der Waals surface area contributed by atoms with E-state index in [1.165, 1.54) is 6.42 Å². The SMILES string of the molecule is CCCCc1oc2ccccc2c1C(=O)c1ccc(OCCCN(C)CCC)cc1. The van der Waals surface area contributed by atoms with Gasteiger partial charge in [0, 0.05) is 23.9 Å². The number of para-hydroxylation sites is 1. The lowest BCUT2D eigenvalue weighted by Gasteiger charge is -2.15. The lowest BCUT2D eigenvalue weighted by molar-refractivity contribution is 0.103. The fourth-order valence-electron chi connectivity index (χ4n) is 3.72. The van der Waals surface area contributed by atoms with Gasteiger partial charge in [0.15, 0.2) is 5.78 Å². The van der Waals surface area contributed by atoms with Crippen molar-refractivity contribution >= 4 is 16.8 Å². The van der Waals surface area contributed by atoms with Gasteiger partial charge in [0.1, 0.15) is 17.1 Å². The Labute approximate surface area is 179 Å². The van der Waals surface area contributed by atoms with Gasteiger partial charge in [-0.05, 0) is 63.2 Å². The van der Waals surface area contributed by atoms with Gasteiger partial charge < -0.3 is 14.1 Å². The largest absolute Gasteiger partial charge is 0.494 e. The highest BCUT2D eigenvalue weighted by Crippen LogP contribution is 2.29. The van der Waals surface area contributed by atoms with Crippen LogP contribution in [0, 0.1) is 0 Å². The topological polar surface area (TPSA) is 42.7 Å². The highest BCUT2D eigenvalue weighted by molar-refractivity contribution is 6.16. The molecule has 0 aliphatic carbocycles. The van der Waals surface area contributed by atoms with Crippen molar-refractivity contribution in [3.05, 3.63) is 65.4 Å². The number of ketones is 1. The van der Waals surface area contributed by atoms with Crippen LogP contribution in [0.3, 0.4) is 0 Å². The van der Waals surface area contributed by atoms with Crippen molar-refractivity contribution in [2.45, 2.75) is 46.0 Å². The highest BCUT2D eigenvalue weighted by Gasteiger charge is 2.21. The number of benzene rings is 2. The summed E-state index contributed by atoms with van der Waals surface area (Å²) in [5, 5.41) is 0.894. The van der Waals surface area contributed by atoms with E-state index < -0.39 is 0 Å². The van der Waals surface area contributed by atoms with Crippen molar-refractivity contribution in [2.24, 2.45) is 0 Å². The van der Waals surface area contributed by atoms with Crippen LogP contribution in [0.25, 0.3) is 11.0 Å². The van der Waals surface area contributed by atoms with E-state index in [9.17, 15) is 4.79 Å². The average molecular weight is 408 g/mol. The minimum absolute atomic E-state index is 0.0128. The van der Waals surface area contributed by atoms with Crippen molar-refractivity contribution in [3.8, 4) is 5.75 Å². The first-order valence-corrected chi connectivity index (χ1v) is 11.1. The number of rotatable bonds is 12. The van der Waals surface area contributed by atoms with E-state index in [1.807, 2.05) is 48.5 Å². The molecule has 0 atom stereocenters. The molecular formula is C26H33NO3. The van der Waals surface area contributed by atoms with Gasteiger partial charge in [-0.3, -0.25) is 4.79 Å². The molecule has 0 saturated heterocycles. The number of hydrogen-bond acceptors (Lipinski definition) is 4. The molecule has 0 amide bonds. The second-order valence-electron chi connectivity index (χ2n) is 7.86. The van der Waals surface area contributed by atoms with Crippen LogP contribution in [0.5, 0.6) is 5.75 Å². The molecule has 2 aromatic carbocycles. The molecule has 0 aliphatic heterocycles. The second-order valence-corrected chi connectivity index (χ2v) is 7.86. The first-order chi connectivity index (χ1) is 14.6. The normalized spacial score (nSPS) is 11.3. The molecule has 3 aromatic rings. The van der Waals surface area contributed by atoms with Gasteiger partial charge in [-0.2, -0.15) is 0 Å². The highest BCUT2D eigenvalue weighted by atomic mass is 16.5. The summed E-state index contributed by atoms with van der Waals surface area (Å²) in [7, 11) is 2.14. The Morgan fingerprint density at radius 1 is 0.967 bits per heavy atom. The molecule has 4 heteroatoms. The van der Waals surface area contributed by atoms with Crippen LogP contribution in [0.4, 0.5) is 0 Å². The third-order valence-electron chi connectivity index (χ3n) is 5.33. The van der Waals surface area contributed by atoms with Gasteiger partial charge in [0.2, 0.25) is 0 Å². The third kappa shape index (κ3) is 5.51. The number of carbonyl (C=O) groups is 1. The van der Waals surface area contributed by atoms with Gasteiger partial charge in [0.25, 0.3) is 0 Å². The summed E-state index contributed by atoms with van der Waals surface area (Å²) in [6.07, 6.45) is 4.99. The Morgan fingerprint density at radius 3 is 2.47 bits per heavy atom. The summed E-state index contributed by atoms with van der Waals surface area (Å²) in [6, 6.07) is 15.3. The number of ether oxygens (including phenoxy) is 1. The fraction of sp³-hybridized carbons (Fsp3) is 0.423. The van der Waals surface area contributed by atoms with Crippen LogP contribution >= 0.6 is 0 Å². The number of hydrogen-bond donors (Lipinski definition) is 0. The van der Waals surface area contributed by atoms with Crippen molar-refractivity contribution < 1.29 is 13.9 Å². The van der Waals surface area contributed by atoms with Crippen molar-refractivity contribution in [2.75, 3.05) is 26.7 Å². The summed E-state index contributed by atoms with van der Waals surface area (Å²) >= 11 is 0. The van der Waals surface area contributed by atoms with Crippen LogP contribution < -0.4 is 4.74 Å². The number of unbranched alkanes of at least 4 members (excludes halogenated alkanes) is 1. The predicted octanol–water partition coefficient (Wildman–Crippen LogP) is 6.12. The second kappa shape index (κ2) is 11.0. The maximum absolute atomic E-state index is 13.3. The van der Waals surface area contributed by atoms with Crippen LogP contribution in [0.2, 0.25) is 0 Å². The standard InChI is InChI=1S/C26H33NO3/c1-4-6-11-24-25(22-10-7-8-12-23(22)30-24)26(28)20-13-15-21(16-14-20)29-19-9-18-27(3)17-5-2/h7-8,10,12-16H,4-6,9,11,17-19H2,1-3H3. The smallest absolute Gasteiger partial charge is 0.197 e. The molecule has 0 radical (unpaired) electrons. The van der Waals surface area contributed by atoms with Crippen molar-refractivity contribution in [3.63, 3.8) is 0 Å². The number of aryl methyl sites for hydroxylation is 1. The number of furan rings is 1. The zero-order chi connectivity index (χ0) is 21.3. The van der Waals surface area contributed by atoms with Gasteiger partial charge in [-0.25, -0.2) is 0 Å². The van der Waals surface area contributed by atoms with Gasteiger partial charge in [-0.15, -0.1) is 0 Å². The summed E-state index contributed by atoms with van der Waals surface area (Å²) in [6.45, 7) is 7.15. The van der Waals surface area contributed by atoms with Gasteiger partial charge >= 0.3 is 0 Å². The lowest BCUT2D eigenvalue weighted by Crippen LogP contribution is -2.21. The molecule has 0 N–H and O–H groups in total. The summed E-state index contributed by atoms with van der Waals surface area (Å²) < 4.78 is 11.9. The molecule has 1 heterocycles. The Balaban J connectivity index is 1.69. The monoisotopic (exact) mass is 407 g/mol. The number of nitrogens with zero attached hydrogens (tertiary/aromatic N) is 1. The maximum Gasteiger partial charge on any atom is 0.197 e. The van der Waals surface area contributed by atoms with Crippen molar-refractivity contribution in [1.82, 2.24) is 4.90 Å². The van der Waals surface area contributed by atoms with E-state index in [1.54, 1.807) is 0 Å². The maximum atomic E-state index is 13.3. The zero-order valence-electron chi connectivity index (χ0n) is 18.4. The fourth-order valence-corrected chi connectivity index (χ4v) is 3.72. The zero-order valence-corrected chi connectivity index (χ0v) is 18.4. The Morgan fingerprint density at radius 2 is 1.73 bits per heavy atom. The van der Waals surface area contributed by atoms with Crippen LogP contribution in [0.15, 0.2) is 52.9 Å². The third-order valence-corrected chi connectivity index (χ3v) is 5.33. The minimum Gasteiger partial charge on any atom is -0.494 e. The Kier molecular flexibility index (Phi) is 8.09. The molecule has 0 bridgehead atoms. The van der Waals surface area contributed by atoms with E-state index in [2.05, 4.69) is 25.8 Å². The quantitative estimate of drug-likeness (QED) is 0.268. The Bertz CT molecular complexity index is 943. The molecule has 30 heavy (non-hydrogen) atoms. The molecule has 4 nitrogen and oxygen atoms in total. The summed E-state index contributed by atoms with van der Waals surface area (Å²) in [4.78, 5) is 15.6. The lowest BCUT2D eigenvalue weighted by atomic mass is 9.98. The summed E-state index contributed by atoms with van der Waals surface area (Å²) in [5.74, 6) is 1.60. The number of fused-ring (bicyclic) bond motifs is 1. The van der Waals surface area contributed by atoms with Crippen LogP contribution in [-0.2, 0) is 6.42 Å². The molecule has 0 fully saturated rings. The molecule has 0 unspecified atom stereocenters. The van der Waals surface area contributed by atoms with E-state index >= 15 is 0 Å². The molecule has 1 aromatic heterocycles. The van der Waals surface area contributed by atoms with Crippen LogP contribution in [-0.4, -0.2) is 37.4 Å². The minimum atomic E-state index is 0.0128. The number of carbonyl (C=O) groups excluding carboxylic acids is 1. The van der Waals surface area contributed by atoms with Gasteiger partial charge in [0.05, 0.1) is 12.2 Å². The molecule has 0 spiro atoms. The Hall–Kier alpha value is -2.59. The van der Waals surface area contributed by atoms with E-state index in [0.29, 0.717) is 17.7 Å².